The molecular formula is C12H7BrFN3O. The fourth-order valence-corrected chi connectivity index (χ4v) is 2.26. The molecule has 18 heavy (non-hydrogen) atoms. The molecule has 0 saturated heterocycles. The molecule has 2 unspecified atom stereocenters. The van der Waals surface area contributed by atoms with Crippen molar-refractivity contribution in [1.82, 2.24) is 10.1 Å². The van der Waals surface area contributed by atoms with Crippen LogP contribution >= 0.6 is 15.9 Å². The highest BCUT2D eigenvalue weighted by molar-refractivity contribution is 9.10. The third-order valence-electron chi connectivity index (χ3n) is 2.84. The molecule has 90 valence electrons. The highest BCUT2D eigenvalue weighted by Gasteiger charge is 2.43. The number of benzene rings is 1. The van der Waals surface area contributed by atoms with E-state index in [0.29, 0.717) is 21.8 Å². The first-order valence-corrected chi connectivity index (χ1v) is 6.16. The van der Waals surface area contributed by atoms with E-state index in [1.807, 2.05) is 0 Å². The fraction of sp³-hybridized carbons (Fsp3) is 0.250. The Hall–Kier alpha value is -1.74. The van der Waals surface area contributed by atoms with Crippen molar-refractivity contribution in [3.63, 3.8) is 0 Å². The minimum Gasteiger partial charge on any atom is -0.339 e. The first-order chi connectivity index (χ1) is 8.67. The average molecular weight is 308 g/mol. The molecule has 0 bridgehead atoms. The van der Waals surface area contributed by atoms with Gasteiger partial charge in [0.25, 0.3) is 0 Å². The van der Waals surface area contributed by atoms with Gasteiger partial charge in [0.2, 0.25) is 11.7 Å². The van der Waals surface area contributed by atoms with E-state index in [-0.39, 0.29) is 17.7 Å². The van der Waals surface area contributed by atoms with E-state index in [4.69, 9.17) is 9.78 Å². The van der Waals surface area contributed by atoms with E-state index < -0.39 is 0 Å². The second kappa shape index (κ2) is 4.18. The van der Waals surface area contributed by atoms with Gasteiger partial charge < -0.3 is 4.52 Å². The highest BCUT2D eigenvalue weighted by atomic mass is 79.9. The number of aromatic nitrogens is 2. The standard InChI is InChI=1S/C12H7BrFN3O/c13-8-1-6(2-9(14)4-8)11-16-12(18-17-11)10-3-7(10)5-15/h1-2,4,7,10H,3H2. The Labute approximate surface area is 111 Å². The Kier molecular flexibility index (Phi) is 2.63. The predicted octanol–water partition coefficient (Wildman–Crippen LogP) is 3.27. The zero-order chi connectivity index (χ0) is 12.7. The lowest BCUT2D eigenvalue weighted by molar-refractivity contribution is 0.378. The van der Waals surface area contributed by atoms with Gasteiger partial charge in [-0.2, -0.15) is 10.2 Å². The van der Waals surface area contributed by atoms with Crippen molar-refractivity contribution in [1.29, 1.82) is 5.26 Å². The Morgan fingerprint density at radius 1 is 1.44 bits per heavy atom. The van der Waals surface area contributed by atoms with Gasteiger partial charge in [-0.05, 0) is 24.6 Å². The SMILES string of the molecule is N#CC1CC1c1nc(-c2cc(F)cc(Br)c2)no1. The first-order valence-electron chi connectivity index (χ1n) is 5.37. The van der Waals surface area contributed by atoms with Crippen LogP contribution in [-0.4, -0.2) is 10.1 Å². The molecule has 0 amide bonds. The summed E-state index contributed by atoms with van der Waals surface area (Å²) in [6.45, 7) is 0. The molecule has 6 heteroatoms. The monoisotopic (exact) mass is 307 g/mol. The van der Waals surface area contributed by atoms with Crippen LogP contribution in [-0.2, 0) is 0 Å². The molecule has 0 spiro atoms. The van der Waals surface area contributed by atoms with E-state index in [9.17, 15) is 4.39 Å². The van der Waals surface area contributed by atoms with Gasteiger partial charge in [-0.3, -0.25) is 0 Å². The Bertz CT molecular complexity index is 629. The summed E-state index contributed by atoms with van der Waals surface area (Å²) in [5, 5.41) is 12.6. The van der Waals surface area contributed by atoms with Gasteiger partial charge in [0.1, 0.15) is 5.82 Å². The molecule has 4 nitrogen and oxygen atoms in total. The van der Waals surface area contributed by atoms with Crippen molar-refractivity contribution in [2.45, 2.75) is 12.3 Å². The normalized spacial score (nSPS) is 21.6. The molecule has 1 aromatic heterocycles. The van der Waals surface area contributed by atoms with E-state index in [2.05, 4.69) is 32.1 Å². The predicted molar refractivity (Wildman–Crippen MR) is 63.9 cm³/mol. The van der Waals surface area contributed by atoms with Crippen LogP contribution in [0.3, 0.4) is 0 Å². The maximum absolute atomic E-state index is 13.2. The zero-order valence-electron chi connectivity index (χ0n) is 9.10. The number of hydrogen-bond acceptors (Lipinski definition) is 4. The minimum absolute atomic E-state index is 0.0301. The Balaban J connectivity index is 1.91. The molecule has 1 aromatic carbocycles. The van der Waals surface area contributed by atoms with Gasteiger partial charge in [0, 0.05) is 10.0 Å². The number of nitrogens with zero attached hydrogens (tertiary/aromatic N) is 3. The maximum atomic E-state index is 13.2. The maximum Gasteiger partial charge on any atom is 0.231 e. The van der Waals surface area contributed by atoms with Crippen molar-refractivity contribution in [3.8, 4) is 17.5 Å². The summed E-state index contributed by atoms with van der Waals surface area (Å²) in [4.78, 5) is 4.21. The van der Waals surface area contributed by atoms with Crippen LogP contribution in [0.1, 0.15) is 18.2 Å². The van der Waals surface area contributed by atoms with Crippen LogP contribution in [0.4, 0.5) is 4.39 Å². The minimum atomic E-state index is -0.368. The lowest BCUT2D eigenvalue weighted by Gasteiger charge is -1.96. The van der Waals surface area contributed by atoms with Crippen LogP contribution in [0, 0.1) is 23.1 Å². The van der Waals surface area contributed by atoms with Gasteiger partial charge in [-0.1, -0.05) is 21.1 Å². The van der Waals surface area contributed by atoms with Crippen molar-refractivity contribution in [2.24, 2.45) is 5.92 Å². The van der Waals surface area contributed by atoms with Crippen molar-refractivity contribution in [3.05, 3.63) is 34.4 Å². The van der Waals surface area contributed by atoms with Crippen molar-refractivity contribution < 1.29 is 8.91 Å². The van der Waals surface area contributed by atoms with Gasteiger partial charge >= 0.3 is 0 Å². The van der Waals surface area contributed by atoms with Crippen LogP contribution in [0.25, 0.3) is 11.4 Å². The molecule has 0 radical (unpaired) electrons. The van der Waals surface area contributed by atoms with E-state index >= 15 is 0 Å². The lowest BCUT2D eigenvalue weighted by Crippen LogP contribution is -1.85. The Morgan fingerprint density at radius 3 is 2.94 bits per heavy atom. The third kappa shape index (κ3) is 2.02. The summed E-state index contributed by atoms with van der Waals surface area (Å²) < 4.78 is 19.0. The van der Waals surface area contributed by atoms with Crippen LogP contribution < -0.4 is 0 Å². The molecule has 1 saturated carbocycles. The van der Waals surface area contributed by atoms with E-state index in [1.54, 1.807) is 6.07 Å². The molecule has 0 aliphatic heterocycles. The summed E-state index contributed by atoms with van der Waals surface area (Å²) in [6.07, 6.45) is 0.755. The van der Waals surface area contributed by atoms with Gasteiger partial charge in [0.05, 0.1) is 17.9 Å². The molecule has 2 aromatic rings. The summed E-state index contributed by atoms with van der Waals surface area (Å²) in [5.74, 6) is 0.434. The molecule has 1 aliphatic carbocycles. The first kappa shape index (κ1) is 11.4. The largest absolute Gasteiger partial charge is 0.339 e. The zero-order valence-corrected chi connectivity index (χ0v) is 10.7. The van der Waals surface area contributed by atoms with Gasteiger partial charge in [0.15, 0.2) is 0 Å². The summed E-state index contributed by atoms with van der Waals surface area (Å²) >= 11 is 3.21. The second-order valence-electron chi connectivity index (χ2n) is 4.19. The van der Waals surface area contributed by atoms with Crippen LogP contribution in [0.15, 0.2) is 27.2 Å². The molecular weight excluding hydrogens is 301 g/mol. The quantitative estimate of drug-likeness (QED) is 0.854. The van der Waals surface area contributed by atoms with Crippen LogP contribution in [0.5, 0.6) is 0 Å². The molecule has 3 rings (SSSR count). The van der Waals surface area contributed by atoms with E-state index in [0.717, 1.165) is 6.42 Å². The van der Waals surface area contributed by atoms with Crippen molar-refractivity contribution >= 4 is 15.9 Å². The number of nitriles is 1. The average Bonchev–Trinajstić information content (AvgIpc) is 2.95. The molecule has 1 aliphatic rings. The number of halogens is 2. The number of rotatable bonds is 2. The molecule has 1 fully saturated rings. The lowest BCUT2D eigenvalue weighted by atomic mass is 10.2. The van der Waals surface area contributed by atoms with Crippen LogP contribution in [0.2, 0.25) is 0 Å². The molecule has 1 heterocycles. The van der Waals surface area contributed by atoms with Gasteiger partial charge in [-0.15, -0.1) is 0 Å². The van der Waals surface area contributed by atoms with Crippen molar-refractivity contribution in [2.75, 3.05) is 0 Å². The Morgan fingerprint density at radius 2 is 2.28 bits per heavy atom. The highest BCUT2D eigenvalue weighted by Crippen LogP contribution is 2.46. The summed E-state index contributed by atoms with van der Waals surface area (Å²) in [6, 6.07) is 6.57. The smallest absolute Gasteiger partial charge is 0.231 e. The summed E-state index contributed by atoms with van der Waals surface area (Å²) in [7, 11) is 0. The molecule has 2 atom stereocenters. The fourth-order valence-electron chi connectivity index (χ4n) is 1.80. The third-order valence-corrected chi connectivity index (χ3v) is 3.29. The summed E-state index contributed by atoms with van der Waals surface area (Å²) in [5.41, 5.74) is 0.547. The number of hydrogen-bond donors (Lipinski definition) is 0. The second-order valence-corrected chi connectivity index (χ2v) is 5.11. The topological polar surface area (TPSA) is 62.7 Å². The van der Waals surface area contributed by atoms with E-state index in [1.165, 1.54) is 12.1 Å². The van der Waals surface area contributed by atoms with Gasteiger partial charge in [-0.25, -0.2) is 4.39 Å². The molecule has 0 N–H and O–H groups in total.